The summed E-state index contributed by atoms with van der Waals surface area (Å²) in [6, 6.07) is 79.0. The molecule has 0 radical (unpaired) electrons. The van der Waals surface area contributed by atoms with E-state index in [1.807, 2.05) is 12.1 Å². The lowest BCUT2D eigenvalue weighted by molar-refractivity contribution is 0.673. The van der Waals surface area contributed by atoms with Crippen molar-refractivity contribution in [2.45, 2.75) is 0 Å². The van der Waals surface area contributed by atoms with Crippen LogP contribution in [-0.2, 0) is 0 Å². The molecule has 6 heteroatoms. The molecule has 0 aliphatic carbocycles. The Hall–Kier alpha value is -9.13. The first-order valence-electron chi connectivity index (χ1n) is 22.6. The highest BCUT2D eigenvalue weighted by Gasteiger charge is 2.25. The molecule has 0 bridgehead atoms. The van der Waals surface area contributed by atoms with Crippen LogP contribution in [0, 0.1) is 0 Å². The van der Waals surface area contributed by atoms with Crippen LogP contribution in [0.2, 0.25) is 0 Å². The molecule has 0 saturated heterocycles. The van der Waals surface area contributed by atoms with Crippen LogP contribution in [0.25, 0.3) is 133 Å². The van der Waals surface area contributed by atoms with E-state index >= 15 is 0 Å². The van der Waals surface area contributed by atoms with Gasteiger partial charge in [-0.3, -0.25) is 4.57 Å². The molecule has 0 N–H and O–H groups in total. The summed E-state index contributed by atoms with van der Waals surface area (Å²) in [6.07, 6.45) is 0. The zero-order chi connectivity index (χ0) is 44.0. The lowest BCUT2D eigenvalue weighted by atomic mass is 9.99. The molecule has 4 aromatic heterocycles. The van der Waals surface area contributed by atoms with Gasteiger partial charge in [0.15, 0.2) is 22.8 Å². The second kappa shape index (κ2) is 14.7. The number of rotatable bonds is 6. The Morgan fingerprint density at radius 1 is 0.313 bits per heavy atom. The number of aromatic nitrogens is 5. The van der Waals surface area contributed by atoms with Crippen molar-refractivity contribution >= 4 is 76.3 Å². The number of nitrogens with zero attached hydrogens (tertiary/aromatic N) is 5. The van der Waals surface area contributed by atoms with Gasteiger partial charge in [0.1, 0.15) is 5.52 Å². The third-order valence-electron chi connectivity index (χ3n) is 13.4. The monoisotopic (exact) mass is 855 g/mol. The molecule has 0 spiro atoms. The summed E-state index contributed by atoms with van der Waals surface area (Å²) in [4.78, 5) is 16.1. The van der Waals surface area contributed by atoms with Gasteiger partial charge in [0.25, 0.3) is 0 Å². The highest BCUT2D eigenvalue weighted by Crippen LogP contribution is 2.45. The molecule has 67 heavy (non-hydrogen) atoms. The van der Waals surface area contributed by atoms with Crippen LogP contribution < -0.4 is 0 Å². The zero-order valence-electron chi connectivity index (χ0n) is 36.0. The van der Waals surface area contributed by atoms with E-state index in [0.717, 1.165) is 99.2 Å². The minimum atomic E-state index is 0.504. The number of benzene rings is 10. The largest absolute Gasteiger partial charge is 0.452 e. The van der Waals surface area contributed by atoms with E-state index < -0.39 is 0 Å². The second-order valence-corrected chi connectivity index (χ2v) is 17.2. The fourth-order valence-corrected chi connectivity index (χ4v) is 10.3. The van der Waals surface area contributed by atoms with Crippen molar-refractivity contribution in [3.05, 3.63) is 224 Å². The molecule has 0 aliphatic heterocycles. The van der Waals surface area contributed by atoms with Crippen molar-refractivity contribution in [2.75, 3.05) is 0 Å². The van der Waals surface area contributed by atoms with Crippen LogP contribution in [0.15, 0.2) is 229 Å². The predicted molar refractivity (Wildman–Crippen MR) is 275 cm³/mol. The Labute approximate surface area is 384 Å². The number of fused-ring (bicyclic) bond motifs is 12. The average Bonchev–Trinajstić information content (AvgIpc) is 4.07. The van der Waals surface area contributed by atoms with Crippen LogP contribution in [0.5, 0.6) is 0 Å². The van der Waals surface area contributed by atoms with Crippen LogP contribution in [-0.4, -0.2) is 24.1 Å². The van der Waals surface area contributed by atoms with E-state index in [9.17, 15) is 0 Å². The molecule has 0 unspecified atom stereocenters. The quantitative estimate of drug-likeness (QED) is 0.167. The molecule has 6 nitrogen and oxygen atoms in total. The van der Waals surface area contributed by atoms with E-state index in [2.05, 4.69) is 221 Å². The molecule has 312 valence electrons. The van der Waals surface area contributed by atoms with Crippen LogP contribution in [0.4, 0.5) is 0 Å². The van der Waals surface area contributed by atoms with E-state index in [1.165, 1.54) is 16.2 Å². The van der Waals surface area contributed by atoms with Gasteiger partial charge in [-0.25, -0.2) is 4.98 Å². The smallest absolute Gasteiger partial charge is 0.238 e. The van der Waals surface area contributed by atoms with Crippen molar-refractivity contribution in [3.63, 3.8) is 0 Å². The molecule has 0 amide bonds. The Kier molecular flexibility index (Phi) is 8.18. The maximum Gasteiger partial charge on any atom is 0.238 e. The van der Waals surface area contributed by atoms with Crippen molar-refractivity contribution in [1.82, 2.24) is 24.1 Å². The molecule has 0 aliphatic rings. The molecule has 4 heterocycles. The molecular formula is C61H37N5O. The minimum absolute atomic E-state index is 0.504. The Balaban J connectivity index is 1.06. The first kappa shape index (κ1) is 37.3. The molecule has 0 saturated carbocycles. The minimum Gasteiger partial charge on any atom is -0.452 e. The van der Waals surface area contributed by atoms with Gasteiger partial charge in [-0.2, -0.15) is 9.97 Å². The van der Waals surface area contributed by atoms with Gasteiger partial charge < -0.3 is 8.98 Å². The van der Waals surface area contributed by atoms with Gasteiger partial charge in [-0.1, -0.05) is 188 Å². The van der Waals surface area contributed by atoms with Gasteiger partial charge >= 0.3 is 0 Å². The fourth-order valence-electron chi connectivity index (χ4n) is 10.3. The molecule has 14 rings (SSSR count). The van der Waals surface area contributed by atoms with Crippen LogP contribution in [0.3, 0.4) is 0 Å². The van der Waals surface area contributed by atoms with E-state index in [0.29, 0.717) is 17.6 Å². The number of hydrogen-bond donors (Lipinski definition) is 0. The Bertz CT molecular complexity index is 4260. The topological polar surface area (TPSA) is 61.7 Å². The number of furan rings is 1. The third-order valence-corrected chi connectivity index (χ3v) is 13.4. The van der Waals surface area contributed by atoms with Crippen molar-refractivity contribution < 1.29 is 4.42 Å². The standard InChI is InChI=1S/C61H37N5O/c1-3-15-38(16-4-1)40-27-29-42(30-28-40)59-62-60(52-24-10-9-21-45(52)41-18-5-2-6-19-41)64-61(63-59)66-54-26-14-12-23-47(54)49-34-36-51-50-35-33-48-46-22-11-13-25-53(46)65(55(48)57(50)67-58(51)56(49)66)44-32-31-39-17-7-8-20-43(39)37-44/h1-37H. The maximum absolute atomic E-state index is 7.40. The van der Waals surface area contributed by atoms with Gasteiger partial charge in [-0.05, 0) is 69.4 Å². The van der Waals surface area contributed by atoms with E-state index in [4.69, 9.17) is 19.4 Å². The summed E-state index contributed by atoms with van der Waals surface area (Å²) in [6.45, 7) is 0. The first-order chi connectivity index (χ1) is 33.2. The van der Waals surface area contributed by atoms with Crippen molar-refractivity contribution in [2.24, 2.45) is 0 Å². The van der Waals surface area contributed by atoms with Gasteiger partial charge in [0.05, 0.1) is 16.6 Å². The summed E-state index contributed by atoms with van der Waals surface area (Å²) in [5.41, 5.74) is 12.9. The summed E-state index contributed by atoms with van der Waals surface area (Å²) in [5, 5.41) is 8.88. The van der Waals surface area contributed by atoms with Crippen molar-refractivity contribution in [1.29, 1.82) is 0 Å². The van der Waals surface area contributed by atoms with Gasteiger partial charge in [0, 0.05) is 49.1 Å². The predicted octanol–water partition coefficient (Wildman–Crippen LogP) is 15.8. The SMILES string of the molecule is c1ccc(-c2ccc(-c3nc(-c4ccccc4-c4ccccc4)nc(-n4c5ccccc5c5ccc6c7ccc8c9ccccc9n(-c9ccc%10ccccc%10c9)c8c7oc6c54)n3)cc2)cc1. The third kappa shape index (κ3) is 5.80. The first-order valence-corrected chi connectivity index (χ1v) is 22.6. The summed E-state index contributed by atoms with van der Waals surface area (Å²) in [7, 11) is 0. The molecule has 0 atom stereocenters. The molecule has 10 aromatic carbocycles. The summed E-state index contributed by atoms with van der Waals surface area (Å²) < 4.78 is 12.0. The van der Waals surface area contributed by atoms with Crippen LogP contribution in [0.1, 0.15) is 0 Å². The maximum atomic E-state index is 7.40. The number of hydrogen-bond acceptors (Lipinski definition) is 4. The fraction of sp³-hybridized carbons (Fsp3) is 0. The average molecular weight is 856 g/mol. The highest BCUT2D eigenvalue weighted by molar-refractivity contribution is 6.26. The Morgan fingerprint density at radius 3 is 1.52 bits per heavy atom. The van der Waals surface area contributed by atoms with Crippen LogP contribution >= 0.6 is 0 Å². The second-order valence-electron chi connectivity index (χ2n) is 17.2. The Morgan fingerprint density at radius 2 is 0.821 bits per heavy atom. The summed E-state index contributed by atoms with van der Waals surface area (Å²) in [5.74, 6) is 1.66. The van der Waals surface area contributed by atoms with Gasteiger partial charge in [-0.15, -0.1) is 0 Å². The lowest BCUT2D eigenvalue weighted by Gasteiger charge is -2.13. The normalized spacial score (nSPS) is 11.9. The summed E-state index contributed by atoms with van der Waals surface area (Å²) >= 11 is 0. The number of para-hydroxylation sites is 2. The van der Waals surface area contributed by atoms with E-state index in [-0.39, 0.29) is 0 Å². The zero-order valence-corrected chi connectivity index (χ0v) is 36.0. The lowest BCUT2D eigenvalue weighted by Crippen LogP contribution is -2.07. The van der Waals surface area contributed by atoms with Crippen molar-refractivity contribution in [3.8, 4) is 56.7 Å². The highest BCUT2D eigenvalue weighted by atomic mass is 16.3. The van der Waals surface area contributed by atoms with Gasteiger partial charge in [0.2, 0.25) is 5.95 Å². The molecule has 0 fully saturated rings. The molecule has 14 aromatic rings. The van der Waals surface area contributed by atoms with E-state index in [1.54, 1.807) is 0 Å². The molecular weight excluding hydrogens is 819 g/mol.